The number of rotatable bonds is 8. The molecule has 0 saturated carbocycles. The van der Waals surface area contributed by atoms with Crippen LogP contribution in [-0.4, -0.2) is 48.8 Å². The Morgan fingerprint density at radius 1 is 1.06 bits per heavy atom. The number of hydrogen-bond donors (Lipinski definition) is 0. The van der Waals surface area contributed by atoms with E-state index in [1.54, 1.807) is 35.2 Å². The van der Waals surface area contributed by atoms with Gasteiger partial charge in [-0.25, -0.2) is 8.78 Å². The second-order valence-corrected chi connectivity index (χ2v) is 8.78. The summed E-state index contributed by atoms with van der Waals surface area (Å²) < 4.78 is 40.4. The van der Waals surface area contributed by atoms with Crippen molar-refractivity contribution >= 4 is 11.8 Å². The van der Waals surface area contributed by atoms with Crippen molar-refractivity contribution in [1.82, 2.24) is 10.1 Å². The molecular weight excluding hydrogens is 440 g/mol. The van der Waals surface area contributed by atoms with E-state index in [-0.39, 0.29) is 12.1 Å². The summed E-state index contributed by atoms with van der Waals surface area (Å²) in [4.78, 5) is 17.0. The minimum absolute atomic E-state index is 0.00285. The fourth-order valence-corrected chi connectivity index (χ4v) is 3.99. The van der Waals surface area contributed by atoms with Crippen molar-refractivity contribution in [3.05, 3.63) is 71.3 Å². The zero-order valence-electron chi connectivity index (χ0n) is 19.5. The zero-order chi connectivity index (χ0) is 24.1. The smallest absolute Gasteiger partial charge is 0.257 e. The van der Waals surface area contributed by atoms with E-state index < -0.39 is 17.5 Å². The molecule has 2 aromatic carbocycles. The molecular formula is C26H29F2N3O3. The Morgan fingerprint density at radius 2 is 1.74 bits per heavy atom. The molecule has 0 bridgehead atoms. The Hall–Kier alpha value is -3.26. The molecule has 180 valence electrons. The molecule has 0 radical (unpaired) electrons. The molecule has 0 unspecified atom stereocenters. The van der Waals surface area contributed by atoms with Gasteiger partial charge in [0.25, 0.3) is 5.91 Å². The summed E-state index contributed by atoms with van der Waals surface area (Å²) in [6.07, 6.45) is 0.730. The maximum atomic E-state index is 14.7. The fraction of sp³-hybridized carbons (Fsp3) is 0.385. The number of benzene rings is 2. The third-order valence-corrected chi connectivity index (χ3v) is 5.91. The topological polar surface area (TPSA) is 58.8 Å². The number of hydrogen-bond acceptors (Lipinski definition) is 5. The largest absolute Gasteiger partial charge is 0.378 e. The molecule has 2 heterocycles. The molecule has 1 amide bonds. The molecule has 6 nitrogen and oxygen atoms in total. The van der Waals surface area contributed by atoms with E-state index in [9.17, 15) is 13.6 Å². The van der Waals surface area contributed by atoms with Crippen molar-refractivity contribution in [3.8, 4) is 11.3 Å². The zero-order valence-corrected chi connectivity index (χ0v) is 19.5. The van der Waals surface area contributed by atoms with Gasteiger partial charge in [-0.15, -0.1) is 0 Å². The van der Waals surface area contributed by atoms with E-state index in [1.165, 1.54) is 18.2 Å². The van der Waals surface area contributed by atoms with Crippen molar-refractivity contribution < 1.29 is 22.8 Å². The first kappa shape index (κ1) is 23.9. The first-order chi connectivity index (χ1) is 16.5. The summed E-state index contributed by atoms with van der Waals surface area (Å²) in [6, 6.07) is 12.3. The maximum Gasteiger partial charge on any atom is 0.257 e. The lowest BCUT2D eigenvalue weighted by atomic mass is 10.0. The lowest BCUT2D eigenvalue weighted by Gasteiger charge is -2.29. The summed E-state index contributed by atoms with van der Waals surface area (Å²) >= 11 is 0. The third kappa shape index (κ3) is 5.28. The number of amides is 1. The van der Waals surface area contributed by atoms with Gasteiger partial charge in [-0.3, -0.25) is 4.79 Å². The molecule has 4 rings (SSSR count). The highest BCUT2D eigenvalue weighted by Gasteiger charge is 2.29. The first-order valence-electron chi connectivity index (χ1n) is 11.6. The monoisotopic (exact) mass is 469 g/mol. The predicted octanol–water partition coefficient (Wildman–Crippen LogP) is 5.14. The molecule has 1 saturated heterocycles. The number of anilines is 1. The van der Waals surface area contributed by atoms with E-state index in [0.717, 1.165) is 6.42 Å². The highest BCUT2D eigenvalue weighted by molar-refractivity contribution is 5.94. The number of carbonyl (C=O) groups is 1. The number of aromatic nitrogens is 1. The van der Waals surface area contributed by atoms with E-state index in [0.29, 0.717) is 61.5 Å². The van der Waals surface area contributed by atoms with Crippen molar-refractivity contribution in [2.24, 2.45) is 5.92 Å². The Labute approximate surface area is 198 Å². The van der Waals surface area contributed by atoms with E-state index in [2.05, 4.69) is 19.0 Å². The number of nitrogens with zero attached hydrogens (tertiary/aromatic N) is 3. The van der Waals surface area contributed by atoms with Gasteiger partial charge < -0.3 is 19.1 Å². The number of ether oxygens (including phenoxy) is 1. The van der Waals surface area contributed by atoms with Crippen LogP contribution in [0.1, 0.15) is 36.2 Å². The average Bonchev–Trinajstić information content (AvgIpc) is 3.25. The van der Waals surface area contributed by atoms with Gasteiger partial charge in [0, 0.05) is 25.2 Å². The average molecular weight is 470 g/mol. The molecule has 1 aliphatic rings. The van der Waals surface area contributed by atoms with Gasteiger partial charge in [0.05, 0.1) is 30.9 Å². The SMILES string of the molecule is CC(C)CCN(Cc1c(-c2ccccc2F)noc1N1CCOCC1)C(=O)c1ccccc1F. The summed E-state index contributed by atoms with van der Waals surface area (Å²) in [7, 11) is 0. The van der Waals surface area contributed by atoms with Crippen LogP contribution in [0.15, 0.2) is 53.1 Å². The van der Waals surface area contributed by atoms with Crippen LogP contribution >= 0.6 is 0 Å². The van der Waals surface area contributed by atoms with Crippen molar-refractivity contribution in [2.75, 3.05) is 37.7 Å². The lowest BCUT2D eigenvalue weighted by molar-refractivity contribution is 0.0730. The highest BCUT2D eigenvalue weighted by atomic mass is 19.1. The van der Waals surface area contributed by atoms with Crippen LogP contribution < -0.4 is 4.90 Å². The second kappa shape index (κ2) is 10.8. The molecule has 8 heteroatoms. The van der Waals surface area contributed by atoms with Crippen molar-refractivity contribution in [1.29, 1.82) is 0 Å². The van der Waals surface area contributed by atoms with E-state index >= 15 is 0 Å². The summed E-state index contributed by atoms with van der Waals surface area (Å²) in [6.45, 7) is 6.89. The molecule has 1 aromatic heterocycles. The summed E-state index contributed by atoms with van der Waals surface area (Å²) in [5.74, 6) is -0.609. The van der Waals surface area contributed by atoms with Gasteiger partial charge in [0.1, 0.15) is 17.3 Å². The Bertz CT molecular complexity index is 1130. The third-order valence-electron chi connectivity index (χ3n) is 5.91. The quantitative estimate of drug-likeness (QED) is 0.457. The predicted molar refractivity (Wildman–Crippen MR) is 126 cm³/mol. The number of halogens is 2. The Balaban J connectivity index is 1.75. The van der Waals surface area contributed by atoms with E-state index in [1.807, 2.05) is 4.90 Å². The van der Waals surface area contributed by atoms with Crippen LogP contribution in [0.2, 0.25) is 0 Å². The number of morpholine rings is 1. The number of carbonyl (C=O) groups excluding carboxylic acids is 1. The molecule has 3 aromatic rings. The molecule has 1 fully saturated rings. The molecule has 0 aliphatic carbocycles. The highest BCUT2D eigenvalue weighted by Crippen LogP contribution is 2.34. The molecule has 1 aliphatic heterocycles. The normalized spacial score (nSPS) is 14.0. The molecule has 0 N–H and O–H groups in total. The second-order valence-electron chi connectivity index (χ2n) is 8.78. The van der Waals surface area contributed by atoms with E-state index in [4.69, 9.17) is 9.26 Å². The van der Waals surface area contributed by atoms with Crippen LogP contribution in [0.3, 0.4) is 0 Å². The first-order valence-corrected chi connectivity index (χ1v) is 11.6. The van der Waals surface area contributed by atoms with Gasteiger partial charge in [-0.1, -0.05) is 43.3 Å². The van der Waals surface area contributed by atoms with Gasteiger partial charge in [0.15, 0.2) is 0 Å². The van der Waals surface area contributed by atoms with Crippen LogP contribution in [-0.2, 0) is 11.3 Å². The molecule has 0 atom stereocenters. The van der Waals surface area contributed by atoms with Crippen LogP contribution in [0, 0.1) is 17.6 Å². The maximum absolute atomic E-state index is 14.7. The van der Waals surface area contributed by atoms with Gasteiger partial charge >= 0.3 is 0 Å². The van der Waals surface area contributed by atoms with Gasteiger partial charge in [-0.2, -0.15) is 0 Å². The Morgan fingerprint density at radius 3 is 2.41 bits per heavy atom. The minimum atomic E-state index is -0.574. The molecule has 34 heavy (non-hydrogen) atoms. The van der Waals surface area contributed by atoms with Crippen LogP contribution in [0.4, 0.5) is 14.7 Å². The van der Waals surface area contributed by atoms with Crippen molar-refractivity contribution in [3.63, 3.8) is 0 Å². The van der Waals surface area contributed by atoms with Crippen molar-refractivity contribution in [2.45, 2.75) is 26.8 Å². The summed E-state index contributed by atoms with van der Waals surface area (Å²) in [5.41, 5.74) is 1.24. The molecule has 0 spiro atoms. The Kier molecular flexibility index (Phi) is 7.57. The van der Waals surface area contributed by atoms with Gasteiger partial charge in [0.2, 0.25) is 5.88 Å². The fourth-order valence-electron chi connectivity index (χ4n) is 3.99. The minimum Gasteiger partial charge on any atom is -0.378 e. The van der Waals surface area contributed by atoms with Crippen LogP contribution in [0.25, 0.3) is 11.3 Å². The summed E-state index contributed by atoms with van der Waals surface area (Å²) in [5, 5.41) is 4.21. The van der Waals surface area contributed by atoms with Gasteiger partial charge in [-0.05, 0) is 36.6 Å². The lowest BCUT2D eigenvalue weighted by Crippen LogP contribution is -2.37. The standard InChI is InChI=1S/C26H29F2N3O3/c1-18(2)11-12-31(25(32)20-8-4-6-10-23(20)28)17-21-24(19-7-3-5-9-22(19)27)29-34-26(21)30-13-15-33-16-14-30/h3-10,18H,11-17H2,1-2H3. The van der Waals surface area contributed by atoms with Crippen LogP contribution in [0.5, 0.6) is 0 Å².